The molecule has 0 fully saturated rings. The van der Waals surface area contributed by atoms with E-state index >= 15 is 0 Å². The van der Waals surface area contributed by atoms with Crippen LogP contribution in [0.3, 0.4) is 0 Å². The number of sulfonamides is 1. The van der Waals surface area contributed by atoms with E-state index in [9.17, 15) is 13.2 Å². The van der Waals surface area contributed by atoms with Gasteiger partial charge in [0, 0.05) is 5.02 Å². The Morgan fingerprint density at radius 2 is 2.07 bits per heavy atom. The number of nitrogens with one attached hydrogen (secondary N) is 1. The lowest BCUT2D eigenvalue weighted by molar-refractivity contribution is 0.253. The minimum Gasteiger partial charge on any atom is -0.351 e. The van der Waals surface area contributed by atoms with E-state index in [0.29, 0.717) is 0 Å². The molecule has 0 unspecified atom stereocenters. The van der Waals surface area contributed by atoms with Crippen molar-refractivity contribution in [1.29, 1.82) is 0 Å². The van der Waals surface area contributed by atoms with Crippen molar-refractivity contribution in [2.75, 3.05) is 0 Å². The standard InChI is InChI=1S/C7H7ClN2O3S/c8-5-2-1-3-6(4-5)14(12,13)10-7(9)11/h1-4H,(H3,9,10,11). The van der Waals surface area contributed by atoms with Gasteiger partial charge >= 0.3 is 6.03 Å². The van der Waals surface area contributed by atoms with Crippen LogP contribution in [0.25, 0.3) is 0 Å². The predicted octanol–water partition coefficient (Wildman–Crippen LogP) is 0.697. The average Bonchev–Trinajstić information content (AvgIpc) is 2.01. The Morgan fingerprint density at radius 1 is 1.43 bits per heavy atom. The van der Waals surface area contributed by atoms with E-state index < -0.39 is 16.1 Å². The van der Waals surface area contributed by atoms with Gasteiger partial charge in [-0.2, -0.15) is 0 Å². The van der Waals surface area contributed by atoms with E-state index in [2.05, 4.69) is 0 Å². The Balaban J connectivity index is 3.11. The first-order chi connectivity index (χ1) is 6.42. The molecular weight excluding hydrogens is 228 g/mol. The summed E-state index contributed by atoms with van der Waals surface area (Å²) in [5, 5.41) is 0.261. The Bertz CT molecular complexity index is 458. The smallest absolute Gasteiger partial charge is 0.326 e. The first kappa shape index (κ1) is 10.8. The molecule has 0 saturated heterocycles. The SMILES string of the molecule is NC(=O)NS(=O)(=O)c1cccc(Cl)c1. The minimum absolute atomic E-state index is 0.108. The van der Waals surface area contributed by atoms with Gasteiger partial charge in [-0.3, -0.25) is 0 Å². The second-order valence-electron chi connectivity index (χ2n) is 2.43. The molecule has 1 aromatic carbocycles. The molecule has 0 heterocycles. The zero-order chi connectivity index (χ0) is 10.8. The first-order valence-electron chi connectivity index (χ1n) is 3.49. The van der Waals surface area contributed by atoms with Crippen LogP contribution in [0.4, 0.5) is 4.79 Å². The summed E-state index contributed by atoms with van der Waals surface area (Å²) >= 11 is 5.58. The van der Waals surface area contributed by atoms with E-state index in [-0.39, 0.29) is 9.92 Å². The maximum absolute atomic E-state index is 11.3. The summed E-state index contributed by atoms with van der Waals surface area (Å²) in [6.07, 6.45) is 0. The van der Waals surface area contributed by atoms with Crippen molar-refractivity contribution in [3.05, 3.63) is 29.3 Å². The van der Waals surface area contributed by atoms with Crippen molar-refractivity contribution < 1.29 is 13.2 Å². The number of primary amides is 1. The number of hydrogen-bond donors (Lipinski definition) is 2. The lowest BCUT2D eigenvalue weighted by Crippen LogP contribution is -2.34. The molecular formula is C7H7ClN2O3S. The van der Waals surface area contributed by atoms with Gasteiger partial charge in [0.15, 0.2) is 0 Å². The van der Waals surface area contributed by atoms with Gasteiger partial charge in [-0.25, -0.2) is 17.9 Å². The van der Waals surface area contributed by atoms with Gasteiger partial charge < -0.3 is 5.73 Å². The summed E-state index contributed by atoms with van der Waals surface area (Å²) < 4.78 is 24.3. The lowest BCUT2D eigenvalue weighted by atomic mass is 10.4. The normalized spacial score (nSPS) is 10.9. The van der Waals surface area contributed by atoms with Gasteiger partial charge in [0.1, 0.15) is 0 Å². The molecule has 0 atom stereocenters. The second kappa shape index (κ2) is 3.85. The van der Waals surface area contributed by atoms with Crippen LogP contribution < -0.4 is 10.5 Å². The topological polar surface area (TPSA) is 89.3 Å². The highest BCUT2D eigenvalue weighted by Crippen LogP contribution is 2.14. The van der Waals surface area contributed by atoms with Crippen LogP contribution in [-0.4, -0.2) is 14.4 Å². The third kappa shape index (κ3) is 2.61. The maximum atomic E-state index is 11.3. The highest BCUT2D eigenvalue weighted by Gasteiger charge is 2.15. The minimum atomic E-state index is -3.89. The predicted molar refractivity (Wildman–Crippen MR) is 51.4 cm³/mol. The average molecular weight is 235 g/mol. The summed E-state index contributed by atoms with van der Waals surface area (Å²) in [5.41, 5.74) is 4.69. The molecule has 7 heteroatoms. The highest BCUT2D eigenvalue weighted by atomic mass is 35.5. The molecule has 0 bridgehead atoms. The molecule has 3 N–H and O–H groups in total. The Labute approximate surface area is 85.9 Å². The molecule has 0 radical (unpaired) electrons. The van der Waals surface area contributed by atoms with Gasteiger partial charge in [-0.1, -0.05) is 17.7 Å². The summed E-state index contributed by atoms with van der Waals surface area (Å²) in [7, 11) is -3.89. The van der Waals surface area contributed by atoms with Crippen molar-refractivity contribution in [1.82, 2.24) is 4.72 Å². The van der Waals surface area contributed by atoms with Crippen molar-refractivity contribution in [3.8, 4) is 0 Å². The number of amides is 2. The third-order valence-corrected chi connectivity index (χ3v) is 2.92. The second-order valence-corrected chi connectivity index (χ2v) is 4.55. The van der Waals surface area contributed by atoms with Crippen molar-refractivity contribution in [2.45, 2.75) is 4.90 Å². The number of rotatable bonds is 2. The van der Waals surface area contributed by atoms with Crippen LogP contribution >= 0.6 is 11.6 Å². The number of urea groups is 1. The number of hydrogen-bond acceptors (Lipinski definition) is 3. The fraction of sp³-hybridized carbons (Fsp3) is 0. The molecule has 14 heavy (non-hydrogen) atoms. The number of nitrogens with two attached hydrogens (primary N) is 1. The van der Waals surface area contributed by atoms with Crippen LogP contribution in [0, 0.1) is 0 Å². The summed E-state index contributed by atoms with van der Waals surface area (Å²) in [6, 6.07) is 4.36. The lowest BCUT2D eigenvalue weighted by Gasteiger charge is -2.03. The maximum Gasteiger partial charge on any atom is 0.326 e. The van der Waals surface area contributed by atoms with E-state index in [1.165, 1.54) is 24.3 Å². The molecule has 0 aromatic heterocycles. The Hall–Kier alpha value is -1.27. The van der Waals surface area contributed by atoms with Gasteiger partial charge in [0.2, 0.25) is 0 Å². The molecule has 1 rings (SSSR count). The van der Waals surface area contributed by atoms with Gasteiger partial charge in [-0.15, -0.1) is 0 Å². The zero-order valence-electron chi connectivity index (χ0n) is 6.90. The van der Waals surface area contributed by atoms with E-state index in [0.717, 1.165) is 0 Å². The Morgan fingerprint density at radius 3 is 2.57 bits per heavy atom. The van der Waals surface area contributed by atoms with Crippen molar-refractivity contribution in [3.63, 3.8) is 0 Å². The van der Waals surface area contributed by atoms with Crippen LogP contribution in [0.15, 0.2) is 29.2 Å². The molecule has 0 aliphatic heterocycles. The molecule has 2 amide bonds. The molecule has 76 valence electrons. The molecule has 0 spiro atoms. The molecule has 5 nitrogen and oxygen atoms in total. The van der Waals surface area contributed by atoms with Crippen LogP contribution in [0.5, 0.6) is 0 Å². The largest absolute Gasteiger partial charge is 0.351 e. The van der Waals surface area contributed by atoms with Crippen LogP contribution in [0.1, 0.15) is 0 Å². The number of benzene rings is 1. The number of carbonyl (C=O) groups is 1. The summed E-state index contributed by atoms with van der Waals surface area (Å²) in [4.78, 5) is 10.3. The summed E-state index contributed by atoms with van der Waals surface area (Å²) in [5.74, 6) is 0. The van der Waals surface area contributed by atoms with Crippen molar-refractivity contribution >= 4 is 27.7 Å². The fourth-order valence-corrected chi connectivity index (χ4v) is 2.00. The van der Waals surface area contributed by atoms with E-state index in [4.69, 9.17) is 17.3 Å². The van der Waals surface area contributed by atoms with Gasteiger partial charge in [-0.05, 0) is 18.2 Å². The summed E-state index contributed by atoms with van der Waals surface area (Å²) in [6.45, 7) is 0. The van der Waals surface area contributed by atoms with Gasteiger partial charge in [0.25, 0.3) is 10.0 Å². The van der Waals surface area contributed by atoms with Crippen LogP contribution in [0.2, 0.25) is 5.02 Å². The number of halogens is 1. The molecule has 0 aliphatic carbocycles. The Kier molecular flexibility index (Phi) is 2.97. The monoisotopic (exact) mass is 234 g/mol. The molecule has 0 saturated carbocycles. The van der Waals surface area contributed by atoms with Crippen LogP contribution in [-0.2, 0) is 10.0 Å². The van der Waals surface area contributed by atoms with E-state index in [1.54, 1.807) is 4.72 Å². The zero-order valence-corrected chi connectivity index (χ0v) is 8.47. The molecule has 0 aliphatic rings. The quantitative estimate of drug-likeness (QED) is 0.789. The first-order valence-corrected chi connectivity index (χ1v) is 5.36. The molecule has 1 aromatic rings. The third-order valence-electron chi connectivity index (χ3n) is 1.34. The van der Waals surface area contributed by atoms with E-state index in [1.807, 2.05) is 0 Å². The highest BCUT2D eigenvalue weighted by molar-refractivity contribution is 7.90. The van der Waals surface area contributed by atoms with Gasteiger partial charge in [0.05, 0.1) is 4.90 Å². The van der Waals surface area contributed by atoms with Crippen molar-refractivity contribution in [2.24, 2.45) is 5.73 Å². The fourth-order valence-electron chi connectivity index (χ4n) is 0.826. The number of carbonyl (C=O) groups excluding carboxylic acids is 1.